The number of aromatic nitrogens is 2. The fraction of sp³-hybridized carbons (Fsp3) is 0.0800. The van der Waals surface area contributed by atoms with Crippen LogP contribution in [0.1, 0.15) is 16.1 Å². The molecule has 0 aliphatic carbocycles. The first-order chi connectivity index (χ1) is 17.2. The number of pyridine rings is 1. The summed E-state index contributed by atoms with van der Waals surface area (Å²) in [4.78, 5) is 30.6. The summed E-state index contributed by atoms with van der Waals surface area (Å²) in [5.41, 5.74) is 0.675. The SMILES string of the molecule is CNC(=O)Oc1cc(Oc2ccc(NC(=O)c3cc(-c4cccc(C(F)(F)F)c4)c[nH]3)cc2)ccn1. The second-order valence-electron chi connectivity index (χ2n) is 7.43. The topological polar surface area (TPSA) is 105 Å². The second-order valence-corrected chi connectivity index (χ2v) is 7.43. The Bertz CT molecular complexity index is 1380. The van der Waals surface area contributed by atoms with Gasteiger partial charge in [-0.1, -0.05) is 12.1 Å². The van der Waals surface area contributed by atoms with E-state index < -0.39 is 23.7 Å². The number of aromatic amines is 1. The zero-order valence-electron chi connectivity index (χ0n) is 18.7. The first-order valence-electron chi connectivity index (χ1n) is 10.5. The van der Waals surface area contributed by atoms with Gasteiger partial charge >= 0.3 is 12.3 Å². The van der Waals surface area contributed by atoms with E-state index >= 15 is 0 Å². The monoisotopic (exact) mass is 496 g/mol. The highest BCUT2D eigenvalue weighted by Gasteiger charge is 2.30. The molecule has 2 aromatic heterocycles. The van der Waals surface area contributed by atoms with Crippen LogP contribution in [-0.4, -0.2) is 29.0 Å². The summed E-state index contributed by atoms with van der Waals surface area (Å²) >= 11 is 0. The van der Waals surface area contributed by atoms with Crippen molar-refractivity contribution in [3.63, 3.8) is 0 Å². The number of carbonyl (C=O) groups excluding carboxylic acids is 2. The zero-order chi connectivity index (χ0) is 25.7. The van der Waals surface area contributed by atoms with Crippen LogP contribution in [0.4, 0.5) is 23.7 Å². The molecule has 11 heteroatoms. The number of nitrogens with zero attached hydrogens (tertiary/aromatic N) is 1. The summed E-state index contributed by atoms with van der Waals surface area (Å²) in [7, 11) is 1.42. The molecule has 0 atom stereocenters. The first-order valence-corrected chi connectivity index (χ1v) is 10.5. The number of amides is 2. The molecule has 0 fully saturated rings. The van der Waals surface area contributed by atoms with Crippen molar-refractivity contribution < 1.29 is 32.2 Å². The molecule has 2 heterocycles. The predicted molar refractivity (Wildman–Crippen MR) is 125 cm³/mol. The first kappa shape index (κ1) is 24.3. The van der Waals surface area contributed by atoms with Gasteiger partial charge in [-0.05, 0) is 59.7 Å². The summed E-state index contributed by atoms with van der Waals surface area (Å²) in [5.74, 6) is 0.434. The van der Waals surface area contributed by atoms with E-state index in [-0.39, 0.29) is 11.6 Å². The molecule has 8 nitrogen and oxygen atoms in total. The van der Waals surface area contributed by atoms with Crippen molar-refractivity contribution in [1.29, 1.82) is 0 Å². The summed E-state index contributed by atoms with van der Waals surface area (Å²) in [6.07, 6.45) is -2.23. The Morgan fingerprint density at radius 2 is 1.72 bits per heavy atom. The lowest BCUT2D eigenvalue weighted by Gasteiger charge is -2.09. The minimum Gasteiger partial charge on any atom is -0.457 e. The van der Waals surface area contributed by atoms with Gasteiger partial charge in [0.15, 0.2) is 0 Å². The molecule has 0 saturated carbocycles. The molecular weight excluding hydrogens is 477 g/mol. The van der Waals surface area contributed by atoms with E-state index in [0.717, 1.165) is 12.1 Å². The van der Waals surface area contributed by atoms with Crippen molar-refractivity contribution in [2.45, 2.75) is 6.18 Å². The highest BCUT2D eigenvalue weighted by Crippen LogP contribution is 2.32. The molecule has 4 rings (SSSR count). The van der Waals surface area contributed by atoms with Gasteiger partial charge in [-0.15, -0.1) is 0 Å². The lowest BCUT2D eigenvalue weighted by Crippen LogP contribution is -2.22. The summed E-state index contributed by atoms with van der Waals surface area (Å²) in [6.45, 7) is 0. The van der Waals surface area contributed by atoms with Crippen LogP contribution in [-0.2, 0) is 6.18 Å². The number of hydrogen-bond acceptors (Lipinski definition) is 5. The minimum absolute atomic E-state index is 0.0613. The van der Waals surface area contributed by atoms with Gasteiger partial charge in [0.1, 0.15) is 17.2 Å². The van der Waals surface area contributed by atoms with Crippen LogP contribution in [0.15, 0.2) is 79.1 Å². The number of ether oxygens (including phenoxy) is 2. The van der Waals surface area contributed by atoms with Gasteiger partial charge in [0.2, 0.25) is 5.88 Å². The number of halogens is 3. The maximum atomic E-state index is 13.0. The van der Waals surface area contributed by atoms with Crippen molar-refractivity contribution in [2.75, 3.05) is 12.4 Å². The van der Waals surface area contributed by atoms with Crippen molar-refractivity contribution in [3.8, 4) is 28.5 Å². The number of nitrogens with one attached hydrogen (secondary N) is 3. The molecule has 2 amide bonds. The van der Waals surface area contributed by atoms with Crippen LogP contribution in [0.25, 0.3) is 11.1 Å². The molecule has 0 aliphatic heterocycles. The highest BCUT2D eigenvalue weighted by atomic mass is 19.4. The highest BCUT2D eigenvalue weighted by molar-refractivity contribution is 6.03. The average Bonchev–Trinajstić information content (AvgIpc) is 3.36. The van der Waals surface area contributed by atoms with Gasteiger partial charge in [-0.25, -0.2) is 9.78 Å². The molecule has 0 bridgehead atoms. The maximum Gasteiger partial charge on any atom is 0.416 e. The van der Waals surface area contributed by atoms with E-state index in [0.29, 0.717) is 28.3 Å². The molecule has 0 unspecified atom stereocenters. The van der Waals surface area contributed by atoms with E-state index in [1.165, 1.54) is 43.7 Å². The predicted octanol–water partition coefficient (Wildman–Crippen LogP) is 5.86. The molecule has 4 aromatic rings. The quantitative estimate of drug-likeness (QED) is 0.310. The van der Waals surface area contributed by atoms with Crippen molar-refractivity contribution in [2.24, 2.45) is 0 Å². The van der Waals surface area contributed by atoms with Crippen LogP contribution >= 0.6 is 0 Å². The third-order valence-electron chi connectivity index (χ3n) is 4.91. The molecule has 0 aliphatic rings. The van der Waals surface area contributed by atoms with Gasteiger partial charge in [0.25, 0.3) is 5.91 Å². The molecule has 36 heavy (non-hydrogen) atoms. The maximum absolute atomic E-state index is 13.0. The number of benzene rings is 2. The standard InChI is InChI=1S/C25H19F3N4O4/c1-29-24(34)36-22-13-20(9-10-30-22)35-19-7-5-18(6-8-19)32-23(33)21-12-16(14-31-21)15-3-2-4-17(11-15)25(26,27)28/h2-14,31H,1H3,(H,29,34)(H,32,33). The third kappa shape index (κ3) is 6.00. The molecule has 3 N–H and O–H groups in total. The fourth-order valence-electron chi connectivity index (χ4n) is 3.16. The largest absolute Gasteiger partial charge is 0.457 e. The second kappa shape index (κ2) is 10.2. The van der Waals surface area contributed by atoms with Crippen LogP contribution < -0.4 is 20.1 Å². The summed E-state index contributed by atoms with van der Waals surface area (Å²) in [5, 5.41) is 5.02. The molecule has 0 saturated heterocycles. The summed E-state index contributed by atoms with van der Waals surface area (Å²) in [6, 6.07) is 15.9. The Morgan fingerprint density at radius 3 is 2.44 bits per heavy atom. The number of rotatable bonds is 6. The van der Waals surface area contributed by atoms with Crippen LogP contribution in [0.3, 0.4) is 0 Å². The molecule has 0 spiro atoms. The molecule has 0 radical (unpaired) electrons. The van der Waals surface area contributed by atoms with E-state index in [1.807, 2.05) is 0 Å². The Labute approximate surface area is 203 Å². The van der Waals surface area contributed by atoms with Crippen LogP contribution in [0.2, 0.25) is 0 Å². The van der Waals surface area contributed by atoms with Gasteiger partial charge in [-0.2, -0.15) is 13.2 Å². The number of H-pyrrole nitrogens is 1. The smallest absolute Gasteiger partial charge is 0.416 e. The van der Waals surface area contributed by atoms with E-state index in [4.69, 9.17) is 9.47 Å². The normalized spacial score (nSPS) is 11.0. The molecule has 2 aromatic carbocycles. The number of hydrogen-bond donors (Lipinski definition) is 3. The van der Waals surface area contributed by atoms with Gasteiger partial charge < -0.3 is 25.1 Å². The number of alkyl halides is 3. The Hall–Kier alpha value is -4.80. The average molecular weight is 496 g/mol. The summed E-state index contributed by atoms with van der Waals surface area (Å²) < 4.78 is 49.6. The lowest BCUT2D eigenvalue weighted by molar-refractivity contribution is -0.137. The molecule has 184 valence electrons. The molecular formula is C25H19F3N4O4. The Kier molecular flexibility index (Phi) is 6.91. The zero-order valence-corrected chi connectivity index (χ0v) is 18.7. The van der Waals surface area contributed by atoms with Gasteiger partial charge in [0.05, 0.1) is 5.56 Å². The third-order valence-corrected chi connectivity index (χ3v) is 4.91. The van der Waals surface area contributed by atoms with E-state index in [9.17, 15) is 22.8 Å². The number of anilines is 1. The Morgan fingerprint density at radius 1 is 0.944 bits per heavy atom. The van der Waals surface area contributed by atoms with Crippen LogP contribution in [0, 0.1) is 0 Å². The van der Waals surface area contributed by atoms with E-state index in [2.05, 4.69) is 20.6 Å². The lowest BCUT2D eigenvalue weighted by atomic mass is 10.1. The minimum atomic E-state index is -4.46. The van der Waals surface area contributed by atoms with Crippen LogP contribution in [0.5, 0.6) is 17.4 Å². The Balaban J connectivity index is 1.39. The fourth-order valence-corrected chi connectivity index (χ4v) is 3.16. The van der Waals surface area contributed by atoms with Crippen molar-refractivity contribution in [3.05, 3.63) is 90.4 Å². The van der Waals surface area contributed by atoms with Gasteiger partial charge in [-0.3, -0.25) is 4.79 Å². The van der Waals surface area contributed by atoms with E-state index in [1.54, 1.807) is 30.3 Å². The van der Waals surface area contributed by atoms with Gasteiger partial charge in [0, 0.05) is 31.2 Å². The van der Waals surface area contributed by atoms with Crippen molar-refractivity contribution >= 4 is 17.7 Å². The number of carbonyl (C=O) groups is 2. The van der Waals surface area contributed by atoms with Crippen molar-refractivity contribution in [1.82, 2.24) is 15.3 Å².